The fourth-order valence-corrected chi connectivity index (χ4v) is 1.72. The van der Waals surface area contributed by atoms with Crippen LogP contribution in [0.25, 0.3) is 0 Å². The van der Waals surface area contributed by atoms with Crippen LogP contribution in [0.3, 0.4) is 0 Å². The summed E-state index contributed by atoms with van der Waals surface area (Å²) >= 11 is 11.8. The second-order valence-corrected chi connectivity index (χ2v) is 3.65. The van der Waals surface area contributed by atoms with Gasteiger partial charge in [0, 0.05) is 11.6 Å². The molecule has 0 spiro atoms. The number of hydrogen-bond acceptors (Lipinski definition) is 3. The van der Waals surface area contributed by atoms with Crippen molar-refractivity contribution in [3.8, 4) is 11.8 Å². The highest BCUT2D eigenvalue weighted by Gasteiger charge is 2.08. The summed E-state index contributed by atoms with van der Waals surface area (Å²) in [6, 6.07) is 5.36. The predicted octanol–water partition coefficient (Wildman–Crippen LogP) is 3.33. The molecule has 0 bridgehead atoms. The van der Waals surface area contributed by atoms with E-state index in [0.717, 1.165) is 0 Å². The van der Waals surface area contributed by atoms with Crippen LogP contribution < -0.4 is 10.1 Å². The van der Waals surface area contributed by atoms with Crippen LogP contribution in [0, 0.1) is 11.3 Å². The second kappa shape index (κ2) is 5.69. The third-order valence-corrected chi connectivity index (χ3v) is 2.26. The van der Waals surface area contributed by atoms with E-state index in [1.165, 1.54) is 7.11 Å². The molecule has 0 aliphatic carbocycles. The van der Waals surface area contributed by atoms with Crippen molar-refractivity contribution < 1.29 is 4.74 Å². The third-order valence-electron chi connectivity index (χ3n) is 1.76. The average Bonchev–Trinajstić information content (AvgIpc) is 2.17. The van der Waals surface area contributed by atoms with Gasteiger partial charge in [0.05, 0.1) is 30.3 Å². The molecule has 3 nitrogen and oxygen atoms in total. The highest BCUT2D eigenvalue weighted by atomic mass is 35.5. The Hall–Kier alpha value is -1.11. The molecule has 15 heavy (non-hydrogen) atoms. The monoisotopic (exact) mass is 244 g/mol. The van der Waals surface area contributed by atoms with Gasteiger partial charge in [-0.05, 0) is 12.1 Å². The molecular formula is C10H10Cl2N2O. The first-order valence-corrected chi connectivity index (χ1v) is 5.08. The van der Waals surface area contributed by atoms with Gasteiger partial charge in [-0.15, -0.1) is 0 Å². The van der Waals surface area contributed by atoms with Crippen molar-refractivity contribution in [3.05, 3.63) is 22.2 Å². The molecule has 0 unspecified atom stereocenters. The standard InChI is InChI=1S/C10H10Cl2N2O/c1-15-10-8(12)5-7(11)6-9(10)14-4-2-3-13/h5-6,14H,2,4H2,1H3. The lowest BCUT2D eigenvalue weighted by Gasteiger charge is -2.11. The number of nitriles is 1. The fourth-order valence-electron chi connectivity index (χ4n) is 1.15. The van der Waals surface area contributed by atoms with Gasteiger partial charge in [-0.3, -0.25) is 0 Å². The molecule has 0 amide bonds. The van der Waals surface area contributed by atoms with Crippen LogP contribution >= 0.6 is 23.2 Å². The van der Waals surface area contributed by atoms with Gasteiger partial charge < -0.3 is 10.1 Å². The van der Waals surface area contributed by atoms with Gasteiger partial charge in [0.15, 0.2) is 5.75 Å². The van der Waals surface area contributed by atoms with Crippen molar-refractivity contribution in [2.75, 3.05) is 19.0 Å². The maximum atomic E-state index is 8.41. The number of halogens is 2. The van der Waals surface area contributed by atoms with E-state index in [1.54, 1.807) is 12.1 Å². The number of hydrogen-bond donors (Lipinski definition) is 1. The van der Waals surface area contributed by atoms with Gasteiger partial charge in [-0.2, -0.15) is 5.26 Å². The number of nitrogens with zero attached hydrogens (tertiary/aromatic N) is 1. The summed E-state index contributed by atoms with van der Waals surface area (Å²) in [5, 5.41) is 12.4. The lowest BCUT2D eigenvalue weighted by Crippen LogP contribution is -2.02. The van der Waals surface area contributed by atoms with E-state index in [2.05, 4.69) is 5.32 Å². The number of benzene rings is 1. The number of anilines is 1. The Balaban J connectivity index is 2.89. The SMILES string of the molecule is COc1c(Cl)cc(Cl)cc1NCCC#N. The highest BCUT2D eigenvalue weighted by Crippen LogP contribution is 2.35. The first kappa shape index (κ1) is 12.0. The molecule has 0 atom stereocenters. The van der Waals surface area contributed by atoms with Crippen molar-refractivity contribution in [2.45, 2.75) is 6.42 Å². The van der Waals surface area contributed by atoms with Gasteiger partial charge in [0.2, 0.25) is 0 Å². The minimum atomic E-state index is 0.410. The Kier molecular flexibility index (Phi) is 4.54. The van der Waals surface area contributed by atoms with Crippen molar-refractivity contribution in [3.63, 3.8) is 0 Å². The quantitative estimate of drug-likeness (QED) is 0.827. The smallest absolute Gasteiger partial charge is 0.160 e. The van der Waals surface area contributed by atoms with E-state index in [0.29, 0.717) is 34.4 Å². The molecule has 1 rings (SSSR count). The Morgan fingerprint density at radius 1 is 1.47 bits per heavy atom. The molecule has 1 aromatic rings. The van der Waals surface area contributed by atoms with Crippen LogP contribution in [0.15, 0.2) is 12.1 Å². The number of rotatable bonds is 4. The Morgan fingerprint density at radius 3 is 2.80 bits per heavy atom. The molecule has 0 saturated carbocycles. The molecule has 80 valence electrons. The van der Waals surface area contributed by atoms with Gasteiger partial charge >= 0.3 is 0 Å². The van der Waals surface area contributed by atoms with E-state index >= 15 is 0 Å². The molecular weight excluding hydrogens is 235 g/mol. The largest absolute Gasteiger partial charge is 0.493 e. The van der Waals surface area contributed by atoms with Crippen LogP contribution in [0.5, 0.6) is 5.75 Å². The van der Waals surface area contributed by atoms with Crippen LogP contribution in [-0.2, 0) is 0 Å². The van der Waals surface area contributed by atoms with Gasteiger partial charge in [-0.25, -0.2) is 0 Å². The van der Waals surface area contributed by atoms with Gasteiger partial charge in [-0.1, -0.05) is 23.2 Å². The summed E-state index contributed by atoms with van der Waals surface area (Å²) in [6.07, 6.45) is 0.410. The zero-order valence-corrected chi connectivity index (χ0v) is 9.69. The summed E-state index contributed by atoms with van der Waals surface area (Å²) in [6.45, 7) is 0.531. The van der Waals surface area contributed by atoms with Crippen molar-refractivity contribution >= 4 is 28.9 Å². The zero-order valence-electron chi connectivity index (χ0n) is 8.18. The van der Waals surface area contributed by atoms with Crippen LogP contribution in [0.1, 0.15) is 6.42 Å². The maximum Gasteiger partial charge on any atom is 0.160 e. The molecule has 0 saturated heterocycles. The summed E-state index contributed by atoms with van der Waals surface area (Å²) in [5.74, 6) is 0.541. The van der Waals surface area contributed by atoms with Crippen LogP contribution in [0.4, 0.5) is 5.69 Å². The average molecular weight is 245 g/mol. The lowest BCUT2D eigenvalue weighted by atomic mass is 10.3. The molecule has 0 fully saturated rings. The zero-order chi connectivity index (χ0) is 11.3. The summed E-state index contributed by atoms with van der Waals surface area (Å²) in [4.78, 5) is 0. The van der Waals surface area contributed by atoms with E-state index in [4.69, 9.17) is 33.2 Å². The molecule has 0 aliphatic rings. The first-order valence-electron chi connectivity index (χ1n) is 4.33. The van der Waals surface area contributed by atoms with Gasteiger partial charge in [0.1, 0.15) is 0 Å². The Bertz CT molecular complexity index is 388. The Morgan fingerprint density at radius 2 is 2.20 bits per heavy atom. The maximum absolute atomic E-state index is 8.41. The van der Waals surface area contributed by atoms with E-state index < -0.39 is 0 Å². The minimum absolute atomic E-state index is 0.410. The Labute approximate surface area is 98.6 Å². The number of nitrogens with one attached hydrogen (secondary N) is 1. The number of ether oxygens (including phenoxy) is 1. The molecule has 0 heterocycles. The van der Waals surface area contributed by atoms with Crippen molar-refractivity contribution in [1.82, 2.24) is 0 Å². The molecule has 5 heteroatoms. The summed E-state index contributed by atoms with van der Waals surface area (Å²) < 4.78 is 5.13. The molecule has 0 aromatic heterocycles. The normalized spacial score (nSPS) is 9.47. The van der Waals surface area contributed by atoms with E-state index in [1.807, 2.05) is 6.07 Å². The molecule has 1 aromatic carbocycles. The van der Waals surface area contributed by atoms with E-state index in [-0.39, 0.29) is 0 Å². The van der Waals surface area contributed by atoms with E-state index in [9.17, 15) is 0 Å². The molecule has 0 aliphatic heterocycles. The van der Waals surface area contributed by atoms with Gasteiger partial charge in [0.25, 0.3) is 0 Å². The van der Waals surface area contributed by atoms with Crippen molar-refractivity contribution in [1.29, 1.82) is 5.26 Å². The number of methoxy groups -OCH3 is 1. The summed E-state index contributed by atoms with van der Waals surface area (Å²) in [7, 11) is 1.53. The first-order chi connectivity index (χ1) is 7.19. The van der Waals surface area contributed by atoms with Crippen molar-refractivity contribution in [2.24, 2.45) is 0 Å². The fraction of sp³-hybridized carbons (Fsp3) is 0.300. The minimum Gasteiger partial charge on any atom is -0.493 e. The highest BCUT2D eigenvalue weighted by molar-refractivity contribution is 6.36. The third kappa shape index (κ3) is 3.19. The molecule has 1 N–H and O–H groups in total. The van der Waals surface area contributed by atoms with Crippen LogP contribution in [-0.4, -0.2) is 13.7 Å². The topological polar surface area (TPSA) is 45.0 Å². The second-order valence-electron chi connectivity index (χ2n) is 2.80. The van der Waals surface area contributed by atoms with Crippen LogP contribution in [0.2, 0.25) is 10.0 Å². The lowest BCUT2D eigenvalue weighted by molar-refractivity contribution is 0.416. The predicted molar refractivity (Wildman–Crippen MR) is 61.7 cm³/mol. The summed E-state index contributed by atoms with van der Waals surface area (Å²) in [5.41, 5.74) is 0.699. The molecule has 0 radical (unpaired) electrons.